The molecule has 0 saturated carbocycles. The van der Waals surface area contributed by atoms with E-state index in [-0.39, 0.29) is 12.1 Å². The third kappa shape index (κ3) is 29.4. The monoisotopic (exact) mass is 502 g/mol. The Labute approximate surface area is 217 Å². The molecule has 0 aliphatic carbocycles. The summed E-state index contributed by atoms with van der Waals surface area (Å²) in [7, 11) is 0. The minimum Gasteiger partial charge on any atom is -0.463 e. The average molecular weight is 503 g/mol. The SMILES string of the molecule is CCCCCCCCCCCCOCCOCCOCCOCCCC(=O)OC(C)CCCCC. The third-order valence-electron chi connectivity index (χ3n) is 5.97. The van der Waals surface area contributed by atoms with E-state index < -0.39 is 0 Å². The molecular weight excluding hydrogens is 444 g/mol. The Bertz CT molecular complexity index is 418. The topological polar surface area (TPSA) is 63.2 Å². The van der Waals surface area contributed by atoms with E-state index in [0.29, 0.717) is 59.1 Å². The summed E-state index contributed by atoms with van der Waals surface area (Å²) in [5, 5.41) is 0. The Morgan fingerprint density at radius 1 is 0.514 bits per heavy atom. The van der Waals surface area contributed by atoms with E-state index in [2.05, 4.69) is 13.8 Å². The molecule has 0 fully saturated rings. The van der Waals surface area contributed by atoms with E-state index in [1.807, 2.05) is 6.92 Å². The second-order valence-electron chi connectivity index (χ2n) is 9.53. The normalized spacial score (nSPS) is 12.2. The summed E-state index contributed by atoms with van der Waals surface area (Å²) < 4.78 is 27.6. The second-order valence-corrected chi connectivity index (χ2v) is 9.53. The molecule has 0 aromatic rings. The Balaban J connectivity index is 3.15. The number of rotatable bonds is 29. The summed E-state index contributed by atoms with van der Waals surface area (Å²) in [5.41, 5.74) is 0. The predicted octanol–water partition coefficient (Wildman–Crippen LogP) is 7.27. The van der Waals surface area contributed by atoms with Crippen LogP contribution in [0.2, 0.25) is 0 Å². The molecule has 0 aromatic carbocycles. The Hall–Kier alpha value is -0.690. The first-order chi connectivity index (χ1) is 17.2. The summed E-state index contributed by atoms with van der Waals surface area (Å²) in [6.07, 6.45) is 19.0. The summed E-state index contributed by atoms with van der Waals surface area (Å²) in [5.74, 6) is -0.126. The van der Waals surface area contributed by atoms with Crippen molar-refractivity contribution in [2.75, 3.05) is 52.9 Å². The molecule has 0 N–H and O–H groups in total. The van der Waals surface area contributed by atoms with Crippen LogP contribution in [0.5, 0.6) is 0 Å². The molecule has 210 valence electrons. The van der Waals surface area contributed by atoms with Crippen LogP contribution in [0, 0.1) is 0 Å². The molecular formula is C29H58O6. The molecule has 0 amide bonds. The van der Waals surface area contributed by atoms with E-state index in [4.69, 9.17) is 23.7 Å². The van der Waals surface area contributed by atoms with Crippen molar-refractivity contribution in [2.45, 2.75) is 130 Å². The Kier molecular flexibility index (Phi) is 29.0. The van der Waals surface area contributed by atoms with Gasteiger partial charge >= 0.3 is 5.97 Å². The molecule has 35 heavy (non-hydrogen) atoms. The lowest BCUT2D eigenvalue weighted by Gasteiger charge is -2.13. The molecule has 0 aliphatic rings. The number of unbranched alkanes of at least 4 members (excludes halogenated alkanes) is 11. The first kappa shape index (κ1) is 34.3. The molecule has 6 nitrogen and oxygen atoms in total. The molecule has 0 bridgehead atoms. The molecule has 0 saturated heterocycles. The molecule has 1 unspecified atom stereocenters. The van der Waals surface area contributed by atoms with Crippen LogP contribution in [0.4, 0.5) is 0 Å². The smallest absolute Gasteiger partial charge is 0.306 e. The lowest BCUT2D eigenvalue weighted by molar-refractivity contribution is -0.149. The van der Waals surface area contributed by atoms with Gasteiger partial charge in [0, 0.05) is 19.6 Å². The van der Waals surface area contributed by atoms with Crippen LogP contribution in [-0.4, -0.2) is 64.9 Å². The Morgan fingerprint density at radius 3 is 1.43 bits per heavy atom. The van der Waals surface area contributed by atoms with Gasteiger partial charge in [-0.3, -0.25) is 4.79 Å². The lowest BCUT2D eigenvalue weighted by atomic mass is 10.1. The van der Waals surface area contributed by atoms with E-state index in [9.17, 15) is 4.79 Å². The lowest BCUT2D eigenvalue weighted by Crippen LogP contribution is -2.15. The molecule has 0 heterocycles. The Morgan fingerprint density at radius 2 is 0.914 bits per heavy atom. The number of carbonyl (C=O) groups excluding carboxylic acids is 1. The number of carbonyl (C=O) groups is 1. The number of ether oxygens (including phenoxy) is 5. The van der Waals surface area contributed by atoms with Gasteiger partial charge in [-0.2, -0.15) is 0 Å². The number of esters is 1. The van der Waals surface area contributed by atoms with Gasteiger partial charge in [-0.15, -0.1) is 0 Å². The fourth-order valence-electron chi connectivity index (χ4n) is 3.80. The summed E-state index contributed by atoms with van der Waals surface area (Å²) >= 11 is 0. The highest BCUT2D eigenvalue weighted by Crippen LogP contribution is 2.10. The first-order valence-electron chi connectivity index (χ1n) is 14.7. The van der Waals surface area contributed by atoms with Crippen LogP contribution < -0.4 is 0 Å². The van der Waals surface area contributed by atoms with Crippen LogP contribution >= 0.6 is 0 Å². The third-order valence-corrected chi connectivity index (χ3v) is 5.97. The van der Waals surface area contributed by atoms with Gasteiger partial charge in [0.2, 0.25) is 0 Å². The van der Waals surface area contributed by atoms with Gasteiger partial charge < -0.3 is 23.7 Å². The van der Waals surface area contributed by atoms with Crippen LogP contribution in [-0.2, 0) is 28.5 Å². The van der Waals surface area contributed by atoms with E-state index in [1.54, 1.807) is 0 Å². The zero-order valence-corrected chi connectivity index (χ0v) is 23.5. The van der Waals surface area contributed by atoms with E-state index in [0.717, 1.165) is 25.9 Å². The molecule has 0 radical (unpaired) electrons. The van der Waals surface area contributed by atoms with Gasteiger partial charge in [-0.05, 0) is 32.6 Å². The first-order valence-corrected chi connectivity index (χ1v) is 14.7. The van der Waals surface area contributed by atoms with Gasteiger partial charge in [-0.1, -0.05) is 84.5 Å². The average Bonchev–Trinajstić information content (AvgIpc) is 2.84. The maximum Gasteiger partial charge on any atom is 0.306 e. The van der Waals surface area contributed by atoms with Crippen LogP contribution in [0.1, 0.15) is 124 Å². The highest BCUT2D eigenvalue weighted by atomic mass is 16.6. The largest absolute Gasteiger partial charge is 0.463 e. The maximum absolute atomic E-state index is 11.8. The minimum absolute atomic E-state index is 0.0155. The second kappa shape index (κ2) is 29.5. The van der Waals surface area contributed by atoms with Gasteiger partial charge in [0.1, 0.15) is 0 Å². The molecule has 6 heteroatoms. The van der Waals surface area contributed by atoms with Gasteiger partial charge in [0.15, 0.2) is 0 Å². The standard InChI is InChI=1S/C29H58O6/c1-4-6-8-9-10-11-12-13-14-16-20-31-22-24-33-26-27-34-25-23-32-21-17-19-29(30)35-28(3)18-15-7-5-2/h28H,4-27H2,1-3H3. The van der Waals surface area contributed by atoms with Crippen molar-refractivity contribution in [1.82, 2.24) is 0 Å². The molecule has 0 aliphatic heterocycles. The van der Waals surface area contributed by atoms with Crippen LogP contribution in [0.15, 0.2) is 0 Å². The van der Waals surface area contributed by atoms with Gasteiger partial charge in [0.05, 0.1) is 45.7 Å². The van der Waals surface area contributed by atoms with Crippen molar-refractivity contribution in [3.05, 3.63) is 0 Å². The van der Waals surface area contributed by atoms with Crippen molar-refractivity contribution < 1.29 is 28.5 Å². The van der Waals surface area contributed by atoms with Crippen molar-refractivity contribution in [3.63, 3.8) is 0 Å². The van der Waals surface area contributed by atoms with Crippen molar-refractivity contribution in [1.29, 1.82) is 0 Å². The molecule has 0 aromatic heterocycles. The predicted molar refractivity (Wildman–Crippen MR) is 144 cm³/mol. The number of hydrogen-bond acceptors (Lipinski definition) is 6. The molecule has 0 rings (SSSR count). The molecule has 1 atom stereocenters. The summed E-state index contributed by atoms with van der Waals surface area (Å²) in [6, 6.07) is 0. The fourth-order valence-corrected chi connectivity index (χ4v) is 3.80. The highest BCUT2D eigenvalue weighted by molar-refractivity contribution is 5.69. The van der Waals surface area contributed by atoms with Crippen LogP contribution in [0.25, 0.3) is 0 Å². The van der Waals surface area contributed by atoms with E-state index in [1.165, 1.54) is 70.6 Å². The maximum atomic E-state index is 11.8. The van der Waals surface area contributed by atoms with Crippen molar-refractivity contribution >= 4 is 5.97 Å². The van der Waals surface area contributed by atoms with Crippen molar-refractivity contribution in [3.8, 4) is 0 Å². The minimum atomic E-state index is -0.126. The fraction of sp³-hybridized carbons (Fsp3) is 0.966. The zero-order chi connectivity index (χ0) is 25.7. The zero-order valence-electron chi connectivity index (χ0n) is 23.5. The number of hydrogen-bond donors (Lipinski definition) is 0. The summed E-state index contributed by atoms with van der Waals surface area (Å²) in [4.78, 5) is 11.8. The van der Waals surface area contributed by atoms with Gasteiger partial charge in [0.25, 0.3) is 0 Å². The van der Waals surface area contributed by atoms with E-state index >= 15 is 0 Å². The molecule has 0 spiro atoms. The van der Waals surface area contributed by atoms with Gasteiger partial charge in [-0.25, -0.2) is 0 Å². The summed E-state index contributed by atoms with van der Waals surface area (Å²) in [6.45, 7) is 11.3. The highest BCUT2D eigenvalue weighted by Gasteiger charge is 2.08. The quantitative estimate of drug-likeness (QED) is 0.0792. The van der Waals surface area contributed by atoms with Crippen LogP contribution in [0.3, 0.4) is 0 Å². The van der Waals surface area contributed by atoms with Crippen molar-refractivity contribution in [2.24, 2.45) is 0 Å².